The zero-order chi connectivity index (χ0) is 19.1. The number of nitrogens with one attached hydrogen (secondary N) is 3. The van der Waals surface area contributed by atoms with Crippen LogP contribution in [0.3, 0.4) is 0 Å². The molecule has 2 heterocycles. The summed E-state index contributed by atoms with van der Waals surface area (Å²) in [7, 11) is 1.82. The minimum atomic E-state index is 0. The number of imidazole rings is 1. The number of rotatable bonds is 8. The number of halogens is 1. The van der Waals surface area contributed by atoms with E-state index in [1.807, 2.05) is 26.4 Å². The van der Waals surface area contributed by atoms with Crippen molar-refractivity contribution in [1.82, 2.24) is 25.2 Å². The van der Waals surface area contributed by atoms with E-state index < -0.39 is 0 Å². The van der Waals surface area contributed by atoms with Crippen molar-refractivity contribution >= 4 is 40.8 Å². The molecule has 1 aromatic carbocycles. The highest BCUT2D eigenvalue weighted by Crippen LogP contribution is 2.21. The number of para-hydroxylation sites is 1. The van der Waals surface area contributed by atoms with E-state index in [2.05, 4.69) is 61.5 Å². The third-order valence-electron chi connectivity index (χ3n) is 4.96. The predicted molar refractivity (Wildman–Crippen MR) is 128 cm³/mol. The second-order valence-electron chi connectivity index (χ2n) is 6.86. The van der Waals surface area contributed by atoms with Crippen LogP contribution < -0.4 is 10.6 Å². The standard InChI is InChI=1S/C21H30N6.HI/c1-16-7-6-8-19-18(15-26-20(16)19)9-11-25-21(22-3)24-10-4-5-13-27-14-12-23-17(27)2;/h6-8,12,14-15,26H,4-5,9-11,13H2,1-3H3,(H2,22,24,25);1H. The summed E-state index contributed by atoms with van der Waals surface area (Å²) < 4.78 is 2.19. The van der Waals surface area contributed by atoms with Crippen molar-refractivity contribution in [1.29, 1.82) is 0 Å². The first-order chi connectivity index (χ1) is 13.2. The molecule has 3 N–H and O–H groups in total. The smallest absolute Gasteiger partial charge is 0.190 e. The number of unbranched alkanes of at least 4 members (excludes halogenated alkanes) is 1. The number of nitrogens with zero attached hydrogens (tertiary/aromatic N) is 3. The second kappa shape index (κ2) is 11.1. The number of H-pyrrole nitrogens is 1. The van der Waals surface area contributed by atoms with Crippen LogP contribution in [0.15, 0.2) is 41.8 Å². The van der Waals surface area contributed by atoms with E-state index >= 15 is 0 Å². The molecule has 2 aromatic heterocycles. The summed E-state index contributed by atoms with van der Waals surface area (Å²) in [5, 5.41) is 8.12. The molecule has 3 aromatic rings. The second-order valence-corrected chi connectivity index (χ2v) is 6.86. The van der Waals surface area contributed by atoms with Crippen LogP contribution in [-0.2, 0) is 13.0 Å². The fourth-order valence-electron chi connectivity index (χ4n) is 3.36. The van der Waals surface area contributed by atoms with E-state index in [0.29, 0.717) is 0 Å². The molecule has 0 aliphatic rings. The molecular weight excluding hydrogens is 463 g/mol. The van der Waals surface area contributed by atoms with Gasteiger partial charge in [-0.3, -0.25) is 4.99 Å². The molecule has 3 rings (SSSR count). The van der Waals surface area contributed by atoms with Gasteiger partial charge < -0.3 is 20.2 Å². The molecule has 152 valence electrons. The quantitative estimate of drug-likeness (QED) is 0.193. The largest absolute Gasteiger partial charge is 0.361 e. The zero-order valence-electron chi connectivity index (χ0n) is 17.0. The van der Waals surface area contributed by atoms with Crippen LogP contribution in [0.2, 0.25) is 0 Å². The molecule has 0 saturated heterocycles. The number of guanidine groups is 1. The Labute approximate surface area is 184 Å². The van der Waals surface area contributed by atoms with Gasteiger partial charge in [-0.1, -0.05) is 18.2 Å². The minimum Gasteiger partial charge on any atom is -0.361 e. The summed E-state index contributed by atoms with van der Waals surface area (Å²) in [5.41, 5.74) is 3.87. The lowest BCUT2D eigenvalue weighted by molar-refractivity contribution is 0.588. The van der Waals surface area contributed by atoms with Gasteiger partial charge in [0.25, 0.3) is 0 Å². The topological polar surface area (TPSA) is 70.0 Å². The Morgan fingerprint density at radius 1 is 1.18 bits per heavy atom. The number of aliphatic imine (C=N–C) groups is 1. The molecule has 28 heavy (non-hydrogen) atoms. The van der Waals surface area contributed by atoms with E-state index in [1.54, 1.807) is 0 Å². The van der Waals surface area contributed by atoms with Gasteiger partial charge in [0.15, 0.2) is 5.96 Å². The molecule has 0 aliphatic carbocycles. The highest BCUT2D eigenvalue weighted by Gasteiger charge is 2.05. The number of hydrogen-bond acceptors (Lipinski definition) is 2. The van der Waals surface area contributed by atoms with Gasteiger partial charge in [-0.2, -0.15) is 0 Å². The third kappa shape index (κ3) is 5.73. The lowest BCUT2D eigenvalue weighted by atomic mass is 10.1. The van der Waals surface area contributed by atoms with Crippen LogP contribution in [-0.4, -0.2) is 40.6 Å². The number of hydrogen-bond donors (Lipinski definition) is 3. The van der Waals surface area contributed by atoms with Gasteiger partial charge in [-0.05, 0) is 44.2 Å². The Kier molecular flexibility index (Phi) is 8.82. The van der Waals surface area contributed by atoms with Gasteiger partial charge in [-0.25, -0.2) is 4.98 Å². The Balaban J connectivity index is 0.00000280. The molecular formula is C21H31IN6. The molecule has 0 saturated carbocycles. The molecule has 0 atom stereocenters. The van der Waals surface area contributed by atoms with Crippen LogP contribution in [0.5, 0.6) is 0 Å². The zero-order valence-corrected chi connectivity index (χ0v) is 19.3. The summed E-state index contributed by atoms with van der Waals surface area (Å²) in [4.78, 5) is 12.0. The van der Waals surface area contributed by atoms with Crippen molar-refractivity contribution in [3.8, 4) is 0 Å². The summed E-state index contributed by atoms with van der Waals surface area (Å²) in [6, 6.07) is 6.44. The molecule has 0 aliphatic heterocycles. The molecule has 0 bridgehead atoms. The van der Waals surface area contributed by atoms with Crippen LogP contribution >= 0.6 is 24.0 Å². The van der Waals surface area contributed by atoms with Gasteiger partial charge in [-0.15, -0.1) is 24.0 Å². The fraction of sp³-hybridized carbons (Fsp3) is 0.429. The van der Waals surface area contributed by atoms with Crippen molar-refractivity contribution in [2.75, 3.05) is 20.1 Å². The third-order valence-corrected chi connectivity index (χ3v) is 4.96. The highest BCUT2D eigenvalue weighted by atomic mass is 127. The SMILES string of the molecule is CN=C(NCCCCn1ccnc1C)NCCc1c[nH]c2c(C)cccc12.I. The predicted octanol–water partition coefficient (Wildman–Crippen LogP) is 3.79. The highest BCUT2D eigenvalue weighted by molar-refractivity contribution is 14.0. The van der Waals surface area contributed by atoms with Gasteiger partial charge in [0.2, 0.25) is 0 Å². The number of fused-ring (bicyclic) bond motifs is 1. The summed E-state index contributed by atoms with van der Waals surface area (Å²) in [6.07, 6.45) is 9.19. The molecule has 0 fully saturated rings. The first-order valence-electron chi connectivity index (χ1n) is 9.67. The molecule has 0 unspecified atom stereocenters. The van der Waals surface area contributed by atoms with Crippen molar-refractivity contribution in [3.05, 3.63) is 53.7 Å². The number of aromatic nitrogens is 3. The van der Waals surface area contributed by atoms with E-state index in [-0.39, 0.29) is 24.0 Å². The molecule has 6 nitrogen and oxygen atoms in total. The lowest BCUT2D eigenvalue weighted by Crippen LogP contribution is -2.38. The maximum atomic E-state index is 4.32. The minimum absolute atomic E-state index is 0. The maximum Gasteiger partial charge on any atom is 0.190 e. The monoisotopic (exact) mass is 494 g/mol. The Bertz CT molecular complexity index is 895. The maximum absolute atomic E-state index is 4.32. The summed E-state index contributed by atoms with van der Waals surface area (Å²) >= 11 is 0. The van der Waals surface area contributed by atoms with Crippen molar-refractivity contribution in [2.24, 2.45) is 4.99 Å². The normalized spacial score (nSPS) is 11.5. The lowest BCUT2D eigenvalue weighted by Gasteiger charge is -2.12. The Morgan fingerprint density at radius 2 is 2.00 bits per heavy atom. The fourth-order valence-corrected chi connectivity index (χ4v) is 3.36. The van der Waals surface area contributed by atoms with Crippen molar-refractivity contribution < 1.29 is 0 Å². The first kappa shape index (κ1) is 22.3. The van der Waals surface area contributed by atoms with Crippen molar-refractivity contribution in [2.45, 2.75) is 39.7 Å². The summed E-state index contributed by atoms with van der Waals surface area (Å²) in [5.74, 6) is 1.94. The van der Waals surface area contributed by atoms with Gasteiger partial charge in [0.1, 0.15) is 5.82 Å². The average molecular weight is 494 g/mol. The number of aryl methyl sites for hydroxylation is 3. The van der Waals surface area contributed by atoms with E-state index in [4.69, 9.17) is 0 Å². The number of benzene rings is 1. The van der Waals surface area contributed by atoms with E-state index in [0.717, 1.165) is 50.7 Å². The van der Waals surface area contributed by atoms with E-state index in [9.17, 15) is 0 Å². The Hall–Kier alpha value is -2.03. The van der Waals surface area contributed by atoms with Gasteiger partial charge in [0.05, 0.1) is 0 Å². The van der Waals surface area contributed by atoms with Crippen LogP contribution in [0, 0.1) is 13.8 Å². The van der Waals surface area contributed by atoms with Crippen molar-refractivity contribution in [3.63, 3.8) is 0 Å². The molecule has 0 amide bonds. The molecule has 0 radical (unpaired) electrons. The molecule has 7 heteroatoms. The van der Waals surface area contributed by atoms with Crippen LogP contribution in [0.4, 0.5) is 0 Å². The van der Waals surface area contributed by atoms with Crippen LogP contribution in [0.25, 0.3) is 10.9 Å². The summed E-state index contributed by atoms with van der Waals surface area (Å²) in [6.45, 7) is 6.97. The van der Waals surface area contributed by atoms with Crippen LogP contribution in [0.1, 0.15) is 29.8 Å². The number of aromatic amines is 1. The van der Waals surface area contributed by atoms with Gasteiger partial charge >= 0.3 is 0 Å². The molecule has 0 spiro atoms. The first-order valence-corrected chi connectivity index (χ1v) is 9.67. The average Bonchev–Trinajstić information content (AvgIpc) is 3.27. The Morgan fingerprint density at radius 3 is 2.75 bits per heavy atom. The van der Waals surface area contributed by atoms with E-state index in [1.165, 1.54) is 22.0 Å². The van der Waals surface area contributed by atoms with Gasteiger partial charge in [0, 0.05) is 56.2 Å².